The Balaban J connectivity index is 2.21. The van der Waals surface area contributed by atoms with Crippen molar-refractivity contribution < 1.29 is 10.0 Å². The summed E-state index contributed by atoms with van der Waals surface area (Å²) in [7, 11) is 1.30. The highest BCUT2D eigenvalue weighted by atomic mass is 16.5. The first-order valence-corrected chi connectivity index (χ1v) is 5.96. The van der Waals surface area contributed by atoms with Gasteiger partial charge < -0.3 is 4.57 Å². The van der Waals surface area contributed by atoms with Crippen LogP contribution in [0.4, 0.5) is 0 Å². The van der Waals surface area contributed by atoms with Gasteiger partial charge in [0, 0.05) is 31.2 Å². The number of carbonyl (C=O) groups is 1. The standard InChI is InChI=1S/C15H16N2O2/c1-12-5-3-4-6-14(12)17-10-9-13(11-17)7-8-15(18)16(2)19/h3-11,19H,1-2H3/b8-7+. The number of likely N-dealkylation sites (N-methyl/N-ethyl adjacent to an activating group) is 1. The lowest BCUT2D eigenvalue weighted by atomic mass is 10.2. The molecule has 2 aromatic rings. The summed E-state index contributed by atoms with van der Waals surface area (Å²) in [4.78, 5) is 11.2. The second-order valence-corrected chi connectivity index (χ2v) is 4.33. The second-order valence-electron chi connectivity index (χ2n) is 4.33. The van der Waals surface area contributed by atoms with E-state index >= 15 is 0 Å². The maximum atomic E-state index is 11.2. The Morgan fingerprint density at radius 3 is 2.74 bits per heavy atom. The van der Waals surface area contributed by atoms with Crippen molar-refractivity contribution in [3.8, 4) is 5.69 Å². The molecule has 0 aliphatic rings. The van der Waals surface area contributed by atoms with Crippen LogP contribution < -0.4 is 0 Å². The van der Waals surface area contributed by atoms with E-state index in [-0.39, 0.29) is 0 Å². The molecule has 0 aliphatic heterocycles. The lowest BCUT2D eigenvalue weighted by Gasteiger charge is -2.05. The number of aryl methyl sites for hydroxylation is 1. The van der Waals surface area contributed by atoms with E-state index in [1.54, 1.807) is 6.08 Å². The van der Waals surface area contributed by atoms with Crippen molar-refractivity contribution in [1.82, 2.24) is 9.63 Å². The van der Waals surface area contributed by atoms with Crippen LogP contribution in [0.3, 0.4) is 0 Å². The van der Waals surface area contributed by atoms with E-state index in [2.05, 4.69) is 13.0 Å². The van der Waals surface area contributed by atoms with Crippen LogP contribution in [0.1, 0.15) is 11.1 Å². The quantitative estimate of drug-likeness (QED) is 0.521. The number of para-hydroxylation sites is 1. The summed E-state index contributed by atoms with van der Waals surface area (Å²) in [5, 5.41) is 9.50. The lowest BCUT2D eigenvalue weighted by molar-refractivity contribution is -0.153. The summed E-state index contributed by atoms with van der Waals surface area (Å²) >= 11 is 0. The van der Waals surface area contributed by atoms with Gasteiger partial charge in [-0.15, -0.1) is 0 Å². The zero-order valence-corrected chi connectivity index (χ0v) is 10.9. The molecule has 0 saturated carbocycles. The minimum Gasteiger partial charge on any atom is -0.323 e. The van der Waals surface area contributed by atoms with Gasteiger partial charge in [0.15, 0.2) is 0 Å². The van der Waals surface area contributed by atoms with Gasteiger partial charge in [-0.3, -0.25) is 10.0 Å². The van der Waals surface area contributed by atoms with E-state index in [1.165, 1.54) is 18.7 Å². The van der Waals surface area contributed by atoms with Gasteiger partial charge in [0.2, 0.25) is 0 Å². The molecule has 0 unspecified atom stereocenters. The number of rotatable bonds is 3. The average molecular weight is 256 g/mol. The number of carbonyl (C=O) groups excluding carboxylic acids is 1. The fourth-order valence-corrected chi connectivity index (χ4v) is 1.79. The monoisotopic (exact) mass is 256 g/mol. The molecule has 98 valence electrons. The van der Waals surface area contributed by atoms with Crippen molar-refractivity contribution in [3.63, 3.8) is 0 Å². The predicted molar refractivity (Wildman–Crippen MR) is 74.1 cm³/mol. The molecule has 0 spiro atoms. The van der Waals surface area contributed by atoms with Crippen LogP contribution in [-0.2, 0) is 4.79 Å². The van der Waals surface area contributed by atoms with E-state index in [0.29, 0.717) is 5.06 Å². The van der Waals surface area contributed by atoms with Crippen molar-refractivity contribution in [3.05, 3.63) is 59.9 Å². The first-order chi connectivity index (χ1) is 9.08. The summed E-state index contributed by atoms with van der Waals surface area (Å²) in [6.45, 7) is 2.05. The van der Waals surface area contributed by atoms with E-state index in [9.17, 15) is 4.79 Å². The largest absolute Gasteiger partial charge is 0.323 e. The van der Waals surface area contributed by atoms with Crippen molar-refractivity contribution in [2.24, 2.45) is 0 Å². The Morgan fingerprint density at radius 1 is 1.32 bits per heavy atom. The summed E-state index contributed by atoms with van der Waals surface area (Å²) in [6.07, 6.45) is 6.87. The van der Waals surface area contributed by atoms with E-state index < -0.39 is 5.91 Å². The molecule has 0 saturated heterocycles. The first kappa shape index (κ1) is 13.1. The fourth-order valence-electron chi connectivity index (χ4n) is 1.79. The van der Waals surface area contributed by atoms with Gasteiger partial charge in [0.05, 0.1) is 0 Å². The first-order valence-electron chi connectivity index (χ1n) is 5.96. The Bertz CT molecular complexity index is 612. The van der Waals surface area contributed by atoms with E-state index in [4.69, 9.17) is 5.21 Å². The number of benzene rings is 1. The molecular weight excluding hydrogens is 240 g/mol. The van der Waals surface area contributed by atoms with Gasteiger partial charge in [-0.25, -0.2) is 5.06 Å². The molecule has 0 bridgehead atoms. The molecule has 2 rings (SSSR count). The Kier molecular flexibility index (Phi) is 3.82. The van der Waals surface area contributed by atoms with Crippen molar-refractivity contribution in [1.29, 1.82) is 0 Å². The smallest absolute Gasteiger partial charge is 0.269 e. The molecule has 1 amide bonds. The summed E-state index contributed by atoms with van der Waals surface area (Å²) in [5.41, 5.74) is 3.19. The maximum Gasteiger partial charge on any atom is 0.269 e. The molecule has 1 aromatic carbocycles. The topological polar surface area (TPSA) is 45.5 Å². The molecule has 0 radical (unpaired) electrons. The van der Waals surface area contributed by atoms with Gasteiger partial charge in [0.25, 0.3) is 5.91 Å². The van der Waals surface area contributed by atoms with Crippen molar-refractivity contribution in [2.45, 2.75) is 6.92 Å². The number of hydroxylamine groups is 2. The third-order valence-electron chi connectivity index (χ3n) is 2.85. The molecule has 4 nitrogen and oxygen atoms in total. The minimum absolute atomic E-state index is 0.455. The molecule has 1 aromatic heterocycles. The summed E-state index contributed by atoms with van der Waals surface area (Å²) in [6, 6.07) is 9.99. The third-order valence-corrected chi connectivity index (χ3v) is 2.85. The SMILES string of the molecule is Cc1ccccc1-n1ccc(/C=C/C(=O)N(C)O)c1. The summed E-state index contributed by atoms with van der Waals surface area (Å²) < 4.78 is 2.00. The van der Waals surface area contributed by atoms with Crippen LogP contribution in [0.15, 0.2) is 48.8 Å². The number of nitrogens with zero attached hydrogens (tertiary/aromatic N) is 2. The van der Waals surface area contributed by atoms with Crippen LogP contribution in [-0.4, -0.2) is 27.8 Å². The molecule has 1 heterocycles. The fraction of sp³-hybridized carbons (Fsp3) is 0.133. The van der Waals surface area contributed by atoms with Crippen LogP contribution in [0.25, 0.3) is 11.8 Å². The Hall–Kier alpha value is -2.33. The molecular formula is C15H16N2O2. The van der Waals surface area contributed by atoms with Gasteiger partial charge in [-0.1, -0.05) is 18.2 Å². The molecule has 1 N–H and O–H groups in total. The van der Waals surface area contributed by atoms with Gasteiger partial charge in [0.1, 0.15) is 0 Å². The molecule has 0 fully saturated rings. The number of aromatic nitrogens is 1. The lowest BCUT2D eigenvalue weighted by Crippen LogP contribution is -2.19. The highest BCUT2D eigenvalue weighted by molar-refractivity contribution is 5.90. The maximum absolute atomic E-state index is 11.2. The highest BCUT2D eigenvalue weighted by Crippen LogP contribution is 2.15. The van der Waals surface area contributed by atoms with Gasteiger partial charge in [-0.05, 0) is 36.3 Å². The number of hydrogen-bond donors (Lipinski definition) is 1. The predicted octanol–water partition coefficient (Wildman–Crippen LogP) is 2.65. The van der Waals surface area contributed by atoms with E-state index in [0.717, 1.165) is 11.3 Å². The molecule has 19 heavy (non-hydrogen) atoms. The minimum atomic E-state index is -0.455. The Labute approximate surface area is 112 Å². The number of hydrogen-bond acceptors (Lipinski definition) is 2. The van der Waals surface area contributed by atoms with Gasteiger partial charge >= 0.3 is 0 Å². The number of amides is 1. The molecule has 4 heteroatoms. The van der Waals surface area contributed by atoms with Crippen molar-refractivity contribution >= 4 is 12.0 Å². The molecule has 0 aliphatic carbocycles. The van der Waals surface area contributed by atoms with Crippen molar-refractivity contribution in [2.75, 3.05) is 7.05 Å². The second kappa shape index (κ2) is 5.54. The Morgan fingerprint density at radius 2 is 2.05 bits per heavy atom. The highest BCUT2D eigenvalue weighted by Gasteiger charge is 2.02. The van der Waals surface area contributed by atoms with Crippen LogP contribution >= 0.6 is 0 Å². The average Bonchev–Trinajstić information content (AvgIpc) is 2.85. The van der Waals surface area contributed by atoms with Gasteiger partial charge in [-0.2, -0.15) is 0 Å². The third kappa shape index (κ3) is 3.11. The van der Waals surface area contributed by atoms with Crippen LogP contribution in [0, 0.1) is 6.92 Å². The zero-order valence-electron chi connectivity index (χ0n) is 10.9. The summed E-state index contributed by atoms with van der Waals surface area (Å²) in [5.74, 6) is -0.455. The normalized spacial score (nSPS) is 10.9. The van der Waals surface area contributed by atoms with Crippen LogP contribution in [0.5, 0.6) is 0 Å². The zero-order chi connectivity index (χ0) is 13.8. The molecule has 0 atom stereocenters. The van der Waals surface area contributed by atoms with Crippen LogP contribution in [0.2, 0.25) is 0 Å². The van der Waals surface area contributed by atoms with E-state index in [1.807, 2.05) is 41.2 Å².